The van der Waals surface area contributed by atoms with Crippen LogP contribution in [0.5, 0.6) is 0 Å². The smallest absolute Gasteiger partial charge is 0.0964 e. The predicted molar refractivity (Wildman–Crippen MR) is 80.3 cm³/mol. The molecule has 0 spiro atoms. The number of halogens is 2. The summed E-state index contributed by atoms with van der Waals surface area (Å²) in [6.07, 6.45) is 3.06. The van der Waals surface area contributed by atoms with Crippen molar-refractivity contribution >= 4 is 27.5 Å². The first-order chi connectivity index (χ1) is 9.19. The normalized spacial score (nSPS) is 10.9. The molecule has 4 nitrogen and oxygen atoms in total. The van der Waals surface area contributed by atoms with Crippen molar-refractivity contribution in [2.75, 3.05) is 6.54 Å². The molecular weight excluding hydrogens is 328 g/mol. The number of hydrogen-bond donors (Lipinski definition) is 1. The maximum atomic E-state index is 6.18. The van der Waals surface area contributed by atoms with Crippen molar-refractivity contribution in [3.05, 3.63) is 45.1 Å². The van der Waals surface area contributed by atoms with Crippen LogP contribution in [0.1, 0.15) is 24.6 Å². The lowest BCUT2D eigenvalue weighted by molar-refractivity contribution is 0.645. The molecule has 102 valence electrons. The lowest BCUT2D eigenvalue weighted by Crippen LogP contribution is -2.13. The first-order valence-corrected chi connectivity index (χ1v) is 7.39. The van der Waals surface area contributed by atoms with E-state index in [1.807, 2.05) is 24.4 Å². The van der Waals surface area contributed by atoms with Crippen molar-refractivity contribution in [3.63, 3.8) is 0 Å². The van der Waals surface area contributed by atoms with Gasteiger partial charge in [0, 0.05) is 16.0 Å². The van der Waals surface area contributed by atoms with Gasteiger partial charge in [-0.15, -0.1) is 5.10 Å². The Bertz CT molecular complexity index is 541. The molecule has 0 unspecified atom stereocenters. The van der Waals surface area contributed by atoms with Crippen LogP contribution < -0.4 is 5.32 Å². The third-order valence-electron chi connectivity index (χ3n) is 2.67. The molecule has 0 aliphatic heterocycles. The minimum Gasteiger partial charge on any atom is -0.311 e. The minimum atomic E-state index is 0.632. The molecule has 1 aromatic heterocycles. The Morgan fingerprint density at radius 2 is 2.26 bits per heavy atom. The third-order valence-corrected chi connectivity index (χ3v) is 3.51. The van der Waals surface area contributed by atoms with E-state index in [1.54, 1.807) is 4.68 Å². The first kappa shape index (κ1) is 14.5. The van der Waals surface area contributed by atoms with Crippen molar-refractivity contribution < 1.29 is 0 Å². The van der Waals surface area contributed by atoms with Crippen LogP contribution in [0.4, 0.5) is 0 Å². The molecule has 0 bridgehead atoms. The van der Waals surface area contributed by atoms with Gasteiger partial charge in [-0.3, -0.25) is 0 Å². The average molecular weight is 344 g/mol. The Morgan fingerprint density at radius 3 is 3.00 bits per heavy atom. The van der Waals surface area contributed by atoms with E-state index < -0.39 is 0 Å². The highest BCUT2D eigenvalue weighted by molar-refractivity contribution is 9.10. The Hall–Kier alpha value is -0.910. The van der Waals surface area contributed by atoms with Gasteiger partial charge in [0.2, 0.25) is 0 Å². The molecule has 0 saturated carbocycles. The molecule has 1 aromatic carbocycles. The van der Waals surface area contributed by atoms with E-state index in [0.29, 0.717) is 6.54 Å². The molecule has 0 aliphatic carbocycles. The van der Waals surface area contributed by atoms with Crippen LogP contribution in [0.25, 0.3) is 0 Å². The Balaban J connectivity index is 1.99. The van der Waals surface area contributed by atoms with E-state index in [4.69, 9.17) is 11.6 Å². The number of benzene rings is 1. The maximum Gasteiger partial charge on any atom is 0.0964 e. The van der Waals surface area contributed by atoms with Gasteiger partial charge in [0.25, 0.3) is 0 Å². The Labute approximate surface area is 126 Å². The van der Waals surface area contributed by atoms with E-state index in [0.717, 1.165) is 40.3 Å². The average Bonchev–Trinajstić information content (AvgIpc) is 2.81. The monoisotopic (exact) mass is 342 g/mol. The largest absolute Gasteiger partial charge is 0.311 e. The van der Waals surface area contributed by atoms with Crippen molar-refractivity contribution in [1.82, 2.24) is 20.3 Å². The zero-order valence-corrected chi connectivity index (χ0v) is 13.1. The van der Waals surface area contributed by atoms with Gasteiger partial charge in [-0.2, -0.15) is 0 Å². The molecule has 1 heterocycles. The molecule has 19 heavy (non-hydrogen) atoms. The van der Waals surface area contributed by atoms with E-state index in [2.05, 4.69) is 38.5 Å². The van der Waals surface area contributed by atoms with Gasteiger partial charge >= 0.3 is 0 Å². The summed E-state index contributed by atoms with van der Waals surface area (Å²) in [6.45, 7) is 4.51. The van der Waals surface area contributed by atoms with Gasteiger partial charge in [-0.1, -0.05) is 45.7 Å². The number of rotatable bonds is 6. The fourth-order valence-electron chi connectivity index (χ4n) is 1.71. The second-order valence-electron chi connectivity index (χ2n) is 4.32. The molecule has 1 N–H and O–H groups in total. The lowest BCUT2D eigenvalue weighted by atomic mass is 10.2. The fourth-order valence-corrected chi connectivity index (χ4v) is 2.45. The Kier molecular flexibility index (Phi) is 5.36. The van der Waals surface area contributed by atoms with Gasteiger partial charge < -0.3 is 5.32 Å². The molecule has 0 saturated heterocycles. The molecule has 2 aromatic rings. The molecule has 0 radical (unpaired) electrons. The standard InChI is InChI=1S/C13H16BrClN4/c1-2-5-16-7-12-9-19(18-17-12)8-10-3-4-11(14)6-13(10)15/h3-4,6,9,16H,2,5,7-8H2,1H3. The third kappa shape index (κ3) is 4.30. The molecule has 0 fully saturated rings. The topological polar surface area (TPSA) is 42.7 Å². The van der Waals surface area contributed by atoms with Crippen LogP contribution in [-0.4, -0.2) is 21.5 Å². The van der Waals surface area contributed by atoms with Gasteiger partial charge in [-0.25, -0.2) is 4.68 Å². The summed E-state index contributed by atoms with van der Waals surface area (Å²) >= 11 is 9.58. The molecule has 6 heteroatoms. The highest BCUT2D eigenvalue weighted by Crippen LogP contribution is 2.21. The summed E-state index contributed by atoms with van der Waals surface area (Å²) in [7, 11) is 0. The van der Waals surface area contributed by atoms with Gasteiger partial charge in [0.05, 0.1) is 18.4 Å². The van der Waals surface area contributed by atoms with Crippen molar-refractivity contribution in [1.29, 1.82) is 0 Å². The number of hydrogen-bond acceptors (Lipinski definition) is 3. The van der Waals surface area contributed by atoms with E-state index in [-0.39, 0.29) is 0 Å². The van der Waals surface area contributed by atoms with E-state index in [1.165, 1.54) is 0 Å². The molecular formula is C13H16BrClN4. The van der Waals surface area contributed by atoms with Crippen LogP contribution >= 0.6 is 27.5 Å². The second-order valence-corrected chi connectivity index (χ2v) is 5.64. The summed E-state index contributed by atoms with van der Waals surface area (Å²) in [5.41, 5.74) is 1.98. The van der Waals surface area contributed by atoms with Gasteiger partial charge in [0.15, 0.2) is 0 Å². The summed E-state index contributed by atoms with van der Waals surface area (Å²) in [5, 5.41) is 12.3. The first-order valence-electron chi connectivity index (χ1n) is 6.22. The number of aromatic nitrogens is 3. The highest BCUT2D eigenvalue weighted by Gasteiger charge is 2.05. The SMILES string of the molecule is CCCNCc1cn(Cc2ccc(Br)cc2Cl)nn1. The number of nitrogens with one attached hydrogen (secondary N) is 1. The van der Waals surface area contributed by atoms with Gasteiger partial charge in [-0.05, 0) is 30.7 Å². The molecule has 0 amide bonds. The highest BCUT2D eigenvalue weighted by atomic mass is 79.9. The van der Waals surface area contributed by atoms with E-state index >= 15 is 0 Å². The maximum absolute atomic E-state index is 6.18. The quantitative estimate of drug-likeness (QED) is 0.819. The zero-order valence-electron chi connectivity index (χ0n) is 10.7. The van der Waals surface area contributed by atoms with Crippen LogP contribution in [0.2, 0.25) is 5.02 Å². The Morgan fingerprint density at radius 1 is 1.42 bits per heavy atom. The molecule has 2 rings (SSSR count). The van der Waals surface area contributed by atoms with Crippen molar-refractivity contribution in [3.8, 4) is 0 Å². The van der Waals surface area contributed by atoms with Crippen LogP contribution in [0, 0.1) is 0 Å². The second kappa shape index (κ2) is 7.03. The fraction of sp³-hybridized carbons (Fsp3) is 0.385. The van der Waals surface area contributed by atoms with Crippen LogP contribution in [-0.2, 0) is 13.1 Å². The van der Waals surface area contributed by atoms with Crippen LogP contribution in [0.15, 0.2) is 28.9 Å². The van der Waals surface area contributed by atoms with E-state index in [9.17, 15) is 0 Å². The lowest BCUT2D eigenvalue weighted by Gasteiger charge is -2.04. The summed E-state index contributed by atoms with van der Waals surface area (Å²) < 4.78 is 2.78. The summed E-state index contributed by atoms with van der Waals surface area (Å²) in [4.78, 5) is 0. The van der Waals surface area contributed by atoms with Crippen molar-refractivity contribution in [2.45, 2.75) is 26.4 Å². The zero-order chi connectivity index (χ0) is 13.7. The molecule has 0 aliphatic rings. The summed E-state index contributed by atoms with van der Waals surface area (Å²) in [6, 6.07) is 5.85. The number of nitrogens with zero attached hydrogens (tertiary/aromatic N) is 3. The minimum absolute atomic E-state index is 0.632. The molecule has 0 atom stereocenters. The van der Waals surface area contributed by atoms with Crippen LogP contribution in [0.3, 0.4) is 0 Å². The summed E-state index contributed by atoms with van der Waals surface area (Å²) in [5.74, 6) is 0. The van der Waals surface area contributed by atoms with Crippen molar-refractivity contribution in [2.24, 2.45) is 0 Å². The predicted octanol–water partition coefficient (Wildman–Crippen LogP) is 3.24. The van der Waals surface area contributed by atoms with Gasteiger partial charge in [0.1, 0.15) is 0 Å².